The van der Waals surface area contributed by atoms with Crippen molar-refractivity contribution < 1.29 is 22.7 Å². The van der Waals surface area contributed by atoms with E-state index < -0.39 is 10.0 Å². The second kappa shape index (κ2) is 10.6. The SMILES string of the molecule is CC(=O)Nc1ccc(S(=O)(=O)Nc2ccc(Oc3ncccc3C(=O)NC3CCCC3)cc2)cc1. The van der Waals surface area contributed by atoms with Crippen molar-refractivity contribution in [3.63, 3.8) is 0 Å². The Balaban J connectivity index is 1.42. The van der Waals surface area contributed by atoms with Crippen molar-refractivity contribution in [1.82, 2.24) is 10.3 Å². The lowest BCUT2D eigenvalue weighted by Gasteiger charge is -2.14. The summed E-state index contributed by atoms with van der Waals surface area (Å²) in [5, 5.41) is 5.62. The fourth-order valence-corrected chi connectivity index (χ4v) is 4.87. The molecule has 1 fully saturated rings. The van der Waals surface area contributed by atoms with E-state index in [9.17, 15) is 18.0 Å². The summed E-state index contributed by atoms with van der Waals surface area (Å²) in [6.07, 6.45) is 5.71. The maximum atomic E-state index is 12.7. The smallest absolute Gasteiger partial charge is 0.261 e. The Morgan fingerprint density at radius 1 is 0.943 bits per heavy atom. The molecular formula is C25H26N4O5S. The number of ether oxygens (including phenoxy) is 1. The van der Waals surface area contributed by atoms with Crippen molar-refractivity contribution in [1.29, 1.82) is 0 Å². The van der Waals surface area contributed by atoms with Crippen LogP contribution in [-0.4, -0.2) is 31.3 Å². The standard InChI is InChI=1S/C25H26N4O5S/c1-17(30)27-19-10-14-22(15-11-19)35(32,33)29-20-8-12-21(13-9-20)34-25-23(7-4-16-26-25)24(31)28-18-5-2-3-6-18/h4,7-16,18,29H,2-3,5-6H2,1H3,(H,27,30)(H,28,31). The van der Waals surface area contributed by atoms with E-state index in [2.05, 4.69) is 20.3 Å². The number of amides is 2. The Bertz CT molecular complexity index is 1300. The highest BCUT2D eigenvalue weighted by Crippen LogP contribution is 2.26. The molecule has 1 saturated carbocycles. The molecule has 1 aliphatic rings. The van der Waals surface area contributed by atoms with E-state index >= 15 is 0 Å². The largest absolute Gasteiger partial charge is 0.438 e. The zero-order valence-corrected chi connectivity index (χ0v) is 20.0. The second-order valence-electron chi connectivity index (χ2n) is 8.25. The fraction of sp³-hybridized carbons (Fsp3) is 0.240. The summed E-state index contributed by atoms with van der Waals surface area (Å²) in [7, 11) is -3.83. The van der Waals surface area contributed by atoms with Crippen LogP contribution in [0.1, 0.15) is 43.0 Å². The first-order valence-corrected chi connectivity index (χ1v) is 12.7. The number of anilines is 2. The average molecular weight is 495 g/mol. The van der Waals surface area contributed by atoms with Gasteiger partial charge in [-0.05, 0) is 73.5 Å². The van der Waals surface area contributed by atoms with Crippen molar-refractivity contribution in [3.8, 4) is 11.6 Å². The van der Waals surface area contributed by atoms with Crippen LogP contribution in [0.4, 0.5) is 11.4 Å². The predicted octanol–water partition coefficient (Wildman–Crippen LogP) is 4.31. The number of nitrogens with one attached hydrogen (secondary N) is 3. The minimum Gasteiger partial charge on any atom is -0.438 e. The minimum absolute atomic E-state index is 0.0540. The first-order valence-electron chi connectivity index (χ1n) is 11.2. The molecule has 2 aromatic carbocycles. The van der Waals surface area contributed by atoms with E-state index in [0.717, 1.165) is 25.7 Å². The first-order chi connectivity index (χ1) is 16.8. The summed E-state index contributed by atoms with van der Waals surface area (Å²) in [6.45, 7) is 1.37. The van der Waals surface area contributed by atoms with Gasteiger partial charge < -0.3 is 15.4 Å². The molecule has 35 heavy (non-hydrogen) atoms. The van der Waals surface area contributed by atoms with Crippen LogP contribution < -0.4 is 20.1 Å². The topological polar surface area (TPSA) is 126 Å². The molecular weight excluding hydrogens is 468 g/mol. The van der Waals surface area contributed by atoms with Gasteiger partial charge in [-0.3, -0.25) is 14.3 Å². The summed E-state index contributed by atoms with van der Waals surface area (Å²) in [6, 6.07) is 15.6. The summed E-state index contributed by atoms with van der Waals surface area (Å²) >= 11 is 0. The number of hydrogen-bond donors (Lipinski definition) is 3. The van der Waals surface area contributed by atoms with Gasteiger partial charge in [-0.2, -0.15) is 0 Å². The van der Waals surface area contributed by atoms with Gasteiger partial charge in [0, 0.05) is 30.5 Å². The highest BCUT2D eigenvalue weighted by Gasteiger charge is 2.21. The molecule has 182 valence electrons. The van der Waals surface area contributed by atoms with Crippen LogP contribution in [0.2, 0.25) is 0 Å². The number of rotatable bonds is 8. The maximum Gasteiger partial charge on any atom is 0.261 e. The highest BCUT2D eigenvalue weighted by molar-refractivity contribution is 7.92. The van der Waals surface area contributed by atoms with Gasteiger partial charge in [0.05, 0.1) is 4.90 Å². The number of benzene rings is 2. The van der Waals surface area contributed by atoms with Crippen LogP contribution in [0.5, 0.6) is 11.6 Å². The normalized spacial score (nSPS) is 13.7. The Morgan fingerprint density at radius 3 is 2.26 bits per heavy atom. The molecule has 1 heterocycles. The zero-order chi connectivity index (χ0) is 24.8. The Morgan fingerprint density at radius 2 is 1.60 bits per heavy atom. The van der Waals surface area contributed by atoms with Gasteiger partial charge >= 0.3 is 0 Å². The number of carbonyl (C=O) groups excluding carboxylic acids is 2. The van der Waals surface area contributed by atoms with Crippen molar-refractivity contribution in [2.75, 3.05) is 10.0 Å². The molecule has 1 aromatic heterocycles. The molecule has 0 unspecified atom stereocenters. The summed E-state index contributed by atoms with van der Waals surface area (Å²) in [5.74, 6) is 0.110. The van der Waals surface area contributed by atoms with E-state index in [1.807, 2.05) is 0 Å². The zero-order valence-electron chi connectivity index (χ0n) is 19.2. The Kier molecular flexibility index (Phi) is 7.31. The predicted molar refractivity (Wildman–Crippen MR) is 132 cm³/mol. The lowest BCUT2D eigenvalue weighted by Crippen LogP contribution is -2.32. The van der Waals surface area contributed by atoms with E-state index in [1.54, 1.807) is 42.6 Å². The van der Waals surface area contributed by atoms with Crippen molar-refractivity contribution in [3.05, 3.63) is 72.4 Å². The van der Waals surface area contributed by atoms with Gasteiger partial charge in [0.15, 0.2) is 0 Å². The minimum atomic E-state index is -3.83. The molecule has 1 aliphatic carbocycles. The highest BCUT2D eigenvalue weighted by atomic mass is 32.2. The molecule has 0 atom stereocenters. The maximum absolute atomic E-state index is 12.7. The van der Waals surface area contributed by atoms with Crippen molar-refractivity contribution in [2.24, 2.45) is 0 Å². The lowest BCUT2D eigenvalue weighted by atomic mass is 10.2. The number of hydrogen-bond acceptors (Lipinski definition) is 6. The molecule has 0 aliphatic heterocycles. The quantitative estimate of drug-likeness (QED) is 0.428. The molecule has 10 heteroatoms. The molecule has 0 bridgehead atoms. The van der Waals surface area contributed by atoms with E-state index in [0.29, 0.717) is 22.7 Å². The van der Waals surface area contributed by atoms with Crippen LogP contribution in [0.25, 0.3) is 0 Å². The van der Waals surface area contributed by atoms with Crippen LogP contribution in [-0.2, 0) is 14.8 Å². The molecule has 3 aromatic rings. The number of sulfonamides is 1. The fourth-order valence-electron chi connectivity index (χ4n) is 3.82. The van der Waals surface area contributed by atoms with Gasteiger partial charge in [0.25, 0.3) is 15.9 Å². The molecule has 0 radical (unpaired) electrons. The summed E-state index contributed by atoms with van der Waals surface area (Å²) in [5.41, 5.74) is 1.18. The number of pyridine rings is 1. The van der Waals surface area contributed by atoms with Crippen molar-refractivity contribution >= 4 is 33.2 Å². The van der Waals surface area contributed by atoms with Crippen LogP contribution in [0.3, 0.4) is 0 Å². The van der Waals surface area contributed by atoms with Crippen LogP contribution in [0.15, 0.2) is 71.8 Å². The summed E-state index contributed by atoms with van der Waals surface area (Å²) in [4.78, 5) is 28.1. The van der Waals surface area contributed by atoms with Crippen molar-refractivity contribution in [2.45, 2.75) is 43.5 Å². The summed E-state index contributed by atoms with van der Waals surface area (Å²) < 4.78 is 33.7. The number of nitrogens with zero attached hydrogens (tertiary/aromatic N) is 1. The Labute approximate surface area is 204 Å². The van der Waals surface area contributed by atoms with Gasteiger partial charge in [-0.25, -0.2) is 13.4 Å². The molecule has 2 amide bonds. The Hall–Kier alpha value is -3.92. The monoisotopic (exact) mass is 494 g/mol. The van der Waals surface area contributed by atoms with Gasteiger partial charge in [-0.15, -0.1) is 0 Å². The number of carbonyl (C=O) groups is 2. The molecule has 3 N–H and O–H groups in total. The van der Waals surface area contributed by atoms with Crippen LogP contribution in [0, 0.1) is 0 Å². The number of aromatic nitrogens is 1. The molecule has 0 spiro atoms. The first kappa shape index (κ1) is 24.2. The third-order valence-corrected chi connectivity index (χ3v) is 6.91. The molecule has 9 nitrogen and oxygen atoms in total. The second-order valence-corrected chi connectivity index (χ2v) is 9.93. The van der Waals surface area contributed by atoms with E-state index in [4.69, 9.17) is 4.74 Å². The average Bonchev–Trinajstić information content (AvgIpc) is 3.33. The lowest BCUT2D eigenvalue weighted by molar-refractivity contribution is -0.114. The van der Waals surface area contributed by atoms with Gasteiger partial charge in [0.1, 0.15) is 11.3 Å². The molecule has 4 rings (SSSR count). The third-order valence-electron chi connectivity index (χ3n) is 5.51. The molecule has 0 saturated heterocycles. The van der Waals surface area contributed by atoms with Gasteiger partial charge in [0.2, 0.25) is 11.8 Å². The van der Waals surface area contributed by atoms with E-state index in [-0.39, 0.29) is 28.6 Å². The third kappa shape index (κ3) is 6.36. The van der Waals surface area contributed by atoms with E-state index in [1.165, 1.54) is 31.2 Å². The van der Waals surface area contributed by atoms with Gasteiger partial charge in [-0.1, -0.05) is 12.8 Å². The van der Waals surface area contributed by atoms with Crippen LogP contribution >= 0.6 is 0 Å².